The predicted molar refractivity (Wildman–Crippen MR) is 128 cm³/mol. The molecule has 4 N–H and O–H groups in total. The van der Waals surface area contributed by atoms with E-state index in [0.717, 1.165) is 0 Å². The molecular formula is C28H18N2O4. The second-order valence-electron chi connectivity index (χ2n) is 7.88. The molecule has 0 saturated carbocycles. The minimum absolute atomic E-state index is 0.143. The minimum Gasteiger partial charge on any atom is -0.507 e. The Morgan fingerprint density at radius 2 is 0.853 bits per heavy atom. The summed E-state index contributed by atoms with van der Waals surface area (Å²) in [4.78, 5) is 27.3. The van der Waals surface area contributed by atoms with Gasteiger partial charge in [-0.25, -0.2) is 0 Å². The van der Waals surface area contributed by atoms with E-state index >= 15 is 0 Å². The van der Waals surface area contributed by atoms with Crippen molar-refractivity contribution in [2.45, 2.75) is 0 Å². The predicted octanol–water partition coefficient (Wildman–Crippen LogP) is 1.55. The van der Waals surface area contributed by atoms with Crippen LogP contribution in [0.3, 0.4) is 0 Å². The molecule has 0 unspecified atom stereocenters. The zero-order valence-corrected chi connectivity index (χ0v) is 17.8. The van der Waals surface area contributed by atoms with Crippen LogP contribution in [0.15, 0.2) is 94.5 Å². The van der Waals surface area contributed by atoms with Gasteiger partial charge >= 0.3 is 0 Å². The highest BCUT2D eigenvalue weighted by Gasteiger charge is 2.17. The van der Waals surface area contributed by atoms with E-state index in [0.29, 0.717) is 11.1 Å². The first-order valence-corrected chi connectivity index (χ1v) is 10.5. The topological polar surface area (TPSA) is 122 Å². The van der Waals surface area contributed by atoms with Crippen molar-refractivity contribution in [2.75, 3.05) is 0 Å². The van der Waals surface area contributed by atoms with E-state index in [1.807, 2.05) is 0 Å². The van der Waals surface area contributed by atoms with Crippen molar-refractivity contribution in [1.29, 1.82) is 10.8 Å². The summed E-state index contributed by atoms with van der Waals surface area (Å²) in [6.07, 6.45) is 0. The lowest BCUT2D eigenvalue weighted by molar-refractivity contribution is 0.503. The largest absolute Gasteiger partial charge is 0.507 e. The second-order valence-corrected chi connectivity index (χ2v) is 7.88. The average molecular weight is 446 g/mol. The highest BCUT2D eigenvalue weighted by Crippen LogP contribution is 2.09. The Balaban J connectivity index is 2.27. The molecule has 3 aromatic rings. The van der Waals surface area contributed by atoms with Gasteiger partial charge in [-0.2, -0.15) is 0 Å². The molecular weight excluding hydrogens is 428 g/mol. The van der Waals surface area contributed by atoms with Crippen LogP contribution in [0.2, 0.25) is 0 Å². The summed E-state index contributed by atoms with van der Waals surface area (Å²) in [6.45, 7) is 0. The van der Waals surface area contributed by atoms with Crippen molar-refractivity contribution >= 4 is 22.3 Å². The van der Waals surface area contributed by atoms with Gasteiger partial charge in [-0.3, -0.25) is 20.4 Å². The fraction of sp³-hybridized carbons (Fsp3) is 0. The average Bonchev–Trinajstić information content (AvgIpc) is 2.88. The van der Waals surface area contributed by atoms with Gasteiger partial charge in [0.2, 0.25) is 0 Å². The van der Waals surface area contributed by atoms with Gasteiger partial charge in [-0.1, -0.05) is 84.9 Å². The van der Waals surface area contributed by atoms with Gasteiger partial charge in [0.25, 0.3) is 0 Å². The monoisotopic (exact) mass is 446 g/mol. The van der Waals surface area contributed by atoms with Gasteiger partial charge < -0.3 is 10.2 Å². The third-order valence-electron chi connectivity index (χ3n) is 5.94. The molecule has 3 aromatic carbocycles. The van der Waals surface area contributed by atoms with Crippen LogP contribution >= 0.6 is 0 Å². The number of hydrogen-bond donors (Lipinski definition) is 4. The first kappa shape index (κ1) is 21.0. The van der Waals surface area contributed by atoms with E-state index < -0.39 is 21.6 Å². The third kappa shape index (κ3) is 3.04. The molecule has 6 heteroatoms. The minimum atomic E-state index is -0.557. The van der Waals surface area contributed by atoms with Crippen molar-refractivity contribution in [1.82, 2.24) is 0 Å². The van der Waals surface area contributed by atoms with Gasteiger partial charge in [0, 0.05) is 32.3 Å². The lowest BCUT2D eigenvalue weighted by Crippen LogP contribution is -2.53. The van der Waals surface area contributed by atoms with Crippen molar-refractivity contribution < 1.29 is 10.2 Å². The number of benzene rings is 3. The van der Waals surface area contributed by atoms with E-state index in [-0.39, 0.29) is 43.2 Å². The number of aliphatic hydroxyl groups is 2. The summed E-state index contributed by atoms with van der Waals surface area (Å²) in [5, 5.41) is 38.2. The van der Waals surface area contributed by atoms with Gasteiger partial charge in [-0.15, -0.1) is 0 Å². The summed E-state index contributed by atoms with van der Waals surface area (Å²) >= 11 is 0. The van der Waals surface area contributed by atoms with E-state index in [1.54, 1.807) is 72.8 Å². The second kappa shape index (κ2) is 7.94. The van der Waals surface area contributed by atoms with Gasteiger partial charge in [-0.05, 0) is 0 Å². The lowest BCUT2D eigenvalue weighted by atomic mass is 9.98. The Bertz CT molecular complexity index is 1850. The molecule has 0 saturated heterocycles. The zero-order valence-electron chi connectivity index (χ0n) is 17.8. The molecule has 0 bridgehead atoms. The molecule has 0 fully saturated rings. The Labute approximate surface area is 191 Å². The molecule has 34 heavy (non-hydrogen) atoms. The Kier molecular flexibility index (Phi) is 4.91. The molecule has 0 aliphatic heterocycles. The maximum Gasteiger partial charge on any atom is 0.195 e. The maximum atomic E-state index is 13.7. The van der Waals surface area contributed by atoms with Crippen molar-refractivity contribution in [3.05, 3.63) is 148 Å². The fourth-order valence-corrected chi connectivity index (χ4v) is 4.31. The Morgan fingerprint density at radius 1 is 0.529 bits per heavy atom. The molecule has 6 nitrogen and oxygen atoms in total. The Morgan fingerprint density at radius 3 is 1.21 bits per heavy atom. The van der Waals surface area contributed by atoms with Crippen molar-refractivity contribution in [3.8, 4) is 0 Å². The van der Waals surface area contributed by atoms with Gasteiger partial charge in [0.15, 0.2) is 10.9 Å². The van der Waals surface area contributed by atoms with Crippen LogP contribution in [0.5, 0.6) is 0 Å². The van der Waals surface area contributed by atoms with Crippen LogP contribution in [0, 0.1) is 21.3 Å². The molecule has 0 heterocycles. The molecule has 0 spiro atoms. The van der Waals surface area contributed by atoms with Crippen LogP contribution in [0.1, 0.15) is 11.1 Å². The summed E-state index contributed by atoms with van der Waals surface area (Å²) in [7, 11) is 0. The molecule has 0 amide bonds. The first-order valence-electron chi connectivity index (χ1n) is 10.5. The van der Waals surface area contributed by atoms with Gasteiger partial charge in [0.05, 0.1) is 21.2 Å². The van der Waals surface area contributed by atoms with Crippen LogP contribution in [0.4, 0.5) is 0 Å². The quantitative estimate of drug-likeness (QED) is 0.329. The van der Waals surface area contributed by atoms with Crippen molar-refractivity contribution in [3.63, 3.8) is 0 Å². The van der Waals surface area contributed by atoms with Crippen LogP contribution in [-0.4, -0.2) is 10.2 Å². The normalized spacial score (nSPS) is 13.2. The molecule has 0 aromatic heterocycles. The number of fused-ring (bicyclic) bond motifs is 1. The van der Waals surface area contributed by atoms with Crippen LogP contribution in [0.25, 0.3) is 22.3 Å². The first-order chi connectivity index (χ1) is 16.4. The fourth-order valence-electron chi connectivity index (χ4n) is 4.31. The van der Waals surface area contributed by atoms with Crippen LogP contribution in [-0.2, 0) is 0 Å². The number of aliphatic hydroxyl groups excluding tert-OH is 2. The molecule has 2 aliphatic rings. The van der Waals surface area contributed by atoms with Crippen molar-refractivity contribution in [2.24, 2.45) is 0 Å². The standard InChI is InChI=1S/C28H18N2O4/c29-23-21(25(31)15-9-3-1-4-10-15)19-20(28(34)18-14-8-7-13-17(18)27(19)33)22(24(23)30)26(32)16-11-5-2-6-12-16/h1-14,29-32H. The third-order valence-corrected chi connectivity index (χ3v) is 5.94. The number of nitrogens with one attached hydrogen (secondary N) is 2. The smallest absolute Gasteiger partial charge is 0.195 e. The summed E-state index contributed by atoms with van der Waals surface area (Å²) < 4.78 is 0. The molecule has 164 valence electrons. The zero-order chi connectivity index (χ0) is 24.0. The summed E-state index contributed by atoms with van der Waals surface area (Å²) in [6, 6.07) is 23.0. The van der Waals surface area contributed by atoms with Crippen LogP contribution < -0.4 is 32.0 Å². The maximum absolute atomic E-state index is 13.7. The molecule has 0 radical (unpaired) electrons. The van der Waals surface area contributed by atoms with E-state index in [1.165, 1.54) is 12.1 Å². The molecule has 5 rings (SSSR count). The van der Waals surface area contributed by atoms with E-state index in [4.69, 9.17) is 10.8 Å². The number of hydrogen-bond acceptors (Lipinski definition) is 6. The van der Waals surface area contributed by atoms with E-state index in [2.05, 4.69) is 0 Å². The van der Waals surface area contributed by atoms with Gasteiger partial charge in [0.1, 0.15) is 11.5 Å². The highest BCUT2D eigenvalue weighted by atomic mass is 16.3. The summed E-state index contributed by atoms with van der Waals surface area (Å²) in [5.41, 5.74) is -0.446. The Hall–Kier alpha value is -4.84. The lowest BCUT2D eigenvalue weighted by Gasteiger charge is -2.06. The highest BCUT2D eigenvalue weighted by molar-refractivity contribution is 5.82. The molecule has 2 aliphatic carbocycles. The SMILES string of the molecule is N=c1c(=N)c(=C(O)c2ccccc2)c2c(=O)c3ccccc3c(=O)c=2c1=C(O)c1ccccc1. The van der Waals surface area contributed by atoms with E-state index in [9.17, 15) is 19.8 Å². The molecule has 0 atom stereocenters. The summed E-state index contributed by atoms with van der Waals surface area (Å²) in [5.74, 6) is -0.775. The number of rotatable bonds is 2.